The van der Waals surface area contributed by atoms with E-state index in [1.54, 1.807) is 49.4 Å². The van der Waals surface area contributed by atoms with Crippen LogP contribution in [0.25, 0.3) is 0 Å². The number of hydrogen-bond acceptors (Lipinski definition) is 6. The van der Waals surface area contributed by atoms with Crippen LogP contribution in [0.4, 0.5) is 5.69 Å². The van der Waals surface area contributed by atoms with Gasteiger partial charge in [0.05, 0.1) is 18.4 Å². The molecule has 0 saturated carbocycles. The average Bonchev–Trinajstić information content (AvgIpc) is 2.73. The van der Waals surface area contributed by atoms with Gasteiger partial charge in [-0.05, 0) is 44.0 Å². The molecule has 2 amide bonds. The average molecular weight is 384 g/mol. The van der Waals surface area contributed by atoms with Crippen molar-refractivity contribution in [3.63, 3.8) is 0 Å². The van der Waals surface area contributed by atoms with Crippen molar-refractivity contribution in [1.82, 2.24) is 14.9 Å². The summed E-state index contributed by atoms with van der Waals surface area (Å²) in [6, 6.07) is 7.08. The minimum Gasteiger partial charge on any atom is -0.497 e. The molecule has 1 aliphatic heterocycles. The first-order valence-electron chi connectivity index (χ1n) is 9.19. The number of benzene rings is 1. The summed E-state index contributed by atoms with van der Waals surface area (Å²) in [5.41, 5.74) is 1.70. The Kier molecular flexibility index (Phi) is 6.20. The summed E-state index contributed by atoms with van der Waals surface area (Å²) in [6.07, 6.45) is 3.03. The van der Waals surface area contributed by atoms with E-state index in [9.17, 15) is 9.59 Å². The lowest BCUT2D eigenvalue weighted by atomic mass is 9.95. The number of carbonyl (C=O) groups is 2. The Labute approximate surface area is 163 Å². The molecule has 3 rings (SSSR count). The summed E-state index contributed by atoms with van der Waals surface area (Å²) in [5.74, 6) is 1.03. The van der Waals surface area contributed by atoms with Crippen molar-refractivity contribution in [3.8, 4) is 5.75 Å². The van der Waals surface area contributed by atoms with Gasteiger partial charge in [-0.1, -0.05) is 0 Å². The molecular weight excluding hydrogens is 360 g/mol. The fourth-order valence-corrected chi connectivity index (χ4v) is 3.26. The maximum Gasteiger partial charge on any atom is 0.259 e. The highest BCUT2D eigenvalue weighted by molar-refractivity contribution is 6.04. The molecule has 0 aliphatic carbocycles. The van der Waals surface area contributed by atoms with Crippen molar-refractivity contribution in [2.75, 3.05) is 32.1 Å². The zero-order chi connectivity index (χ0) is 20.1. The molecule has 0 radical (unpaired) electrons. The third kappa shape index (κ3) is 4.45. The molecule has 0 spiro atoms. The number of carbonyl (C=O) groups excluding carboxylic acids is 2. The Hall–Kier alpha value is -3.00. The first kappa shape index (κ1) is 19.8. The molecule has 8 heteroatoms. The molecule has 1 saturated heterocycles. The third-order valence-electron chi connectivity index (χ3n) is 4.94. The van der Waals surface area contributed by atoms with Gasteiger partial charge in [-0.25, -0.2) is 9.97 Å². The minimum atomic E-state index is -0.460. The summed E-state index contributed by atoms with van der Waals surface area (Å²) < 4.78 is 5.11. The Balaban J connectivity index is 1.65. The molecule has 8 nitrogen and oxygen atoms in total. The number of rotatable bonds is 5. The summed E-state index contributed by atoms with van der Waals surface area (Å²) in [4.78, 5) is 34.7. The van der Waals surface area contributed by atoms with Crippen LogP contribution in [0.2, 0.25) is 0 Å². The van der Waals surface area contributed by atoms with E-state index in [0.29, 0.717) is 41.6 Å². The second-order valence-electron chi connectivity index (χ2n) is 6.72. The lowest BCUT2D eigenvalue weighted by molar-refractivity contribution is -0.135. The number of methoxy groups -OCH3 is 1. The van der Waals surface area contributed by atoms with Crippen molar-refractivity contribution >= 4 is 17.5 Å². The normalized spacial score (nSPS) is 14.6. The summed E-state index contributed by atoms with van der Waals surface area (Å²) >= 11 is 0. The maximum atomic E-state index is 12.5. The van der Waals surface area contributed by atoms with E-state index < -0.39 is 6.61 Å². The van der Waals surface area contributed by atoms with Gasteiger partial charge in [-0.15, -0.1) is 0 Å². The monoisotopic (exact) mass is 384 g/mol. The number of hydrogen-bond donors (Lipinski definition) is 2. The Bertz CT molecular complexity index is 846. The number of likely N-dealkylation sites (tertiary alicyclic amines) is 1. The van der Waals surface area contributed by atoms with E-state index in [2.05, 4.69) is 15.3 Å². The smallest absolute Gasteiger partial charge is 0.259 e. The predicted molar refractivity (Wildman–Crippen MR) is 103 cm³/mol. The number of aryl methyl sites for hydroxylation is 1. The van der Waals surface area contributed by atoms with Gasteiger partial charge in [0.25, 0.3) is 5.91 Å². The summed E-state index contributed by atoms with van der Waals surface area (Å²) in [5, 5.41) is 11.8. The van der Waals surface area contributed by atoms with Gasteiger partial charge >= 0.3 is 0 Å². The topological polar surface area (TPSA) is 105 Å². The number of piperidine rings is 1. The lowest BCUT2D eigenvalue weighted by Gasteiger charge is -2.31. The van der Waals surface area contributed by atoms with Crippen molar-refractivity contribution in [1.29, 1.82) is 0 Å². The summed E-state index contributed by atoms with van der Waals surface area (Å²) in [6.45, 7) is 2.48. The maximum absolute atomic E-state index is 12.5. The van der Waals surface area contributed by atoms with Gasteiger partial charge in [0.2, 0.25) is 5.91 Å². The van der Waals surface area contributed by atoms with Crippen molar-refractivity contribution in [2.24, 2.45) is 0 Å². The van der Waals surface area contributed by atoms with Crippen molar-refractivity contribution in [3.05, 3.63) is 47.5 Å². The molecule has 1 aromatic carbocycles. The molecule has 1 fully saturated rings. The van der Waals surface area contributed by atoms with E-state index in [1.807, 2.05) is 0 Å². The summed E-state index contributed by atoms with van der Waals surface area (Å²) in [7, 11) is 1.59. The second-order valence-corrected chi connectivity index (χ2v) is 6.72. The molecule has 0 atom stereocenters. The highest BCUT2D eigenvalue weighted by Crippen LogP contribution is 2.26. The Morgan fingerprint density at radius 2 is 1.93 bits per heavy atom. The van der Waals surface area contributed by atoms with E-state index in [-0.39, 0.29) is 17.7 Å². The van der Waals surface area contributed by atoms with Gasteiger partial charge in [0, 0.05) is 30.9 Å². The van der Waals surface area contributed by atoms with E-state index in [0.717, 1.165) is 12.8 Å². The minimum absolute atomic E-state index is 0.139. The molecule has 148 valence electrons. The molecule has 2 heterocycles. The third-order valence-corrected chi connectivity index (χ3v) is 4.94. The van der Waals surface area contributed by atoms with Crippen LogP contribution < -0.4 is 10.1 Å². The second kappa shape index (κ2) is 8.79. The van der Waals surface area contributed by atoms with Crippen LogP contribution in [-0.4, -0.2) is 58.6 Å². The van der Waals surface area contributed by atoms with Gasteiger partial charge in [-0.3, -0.25) is 9.59 Å². The quantitative estimate of drug-likeness (QED) is 0.814. The number of nitrogens with one attached hydrogen (secondary N) is 1. The first-order chi connectivity index (χ1) is 13.5. The molecule has 1 aromatic heterocycles. The van der Waals surface area contributed by atoms with E-state index >= 15 is 0 Å². The molecular formula is C20H24N4O4. The zero-order valence-corrected chi connectivity index (χ0v) is 16.0. The lowest BCUT2D eigenvalue weighted by Crippen LogP contribution is -2.39. The van der Waals surface area contributed by atoms with Gasteiger partial charge in [0.1, 0.15) is 18.2 Å². The number of aliphatic hydroxyl groups is 1. The standard InChI is InChI=1S/C20H24N4O4/c1-13-17(20(27)23-15-3-5-16(28-2)6-4-15)11-21-19(22-13)14-7-9-24(10-8-14)18(26)12-25/h3-6,11,14,25H,7-10,12H2,1-2H3,(H,23,27). The van der Waals surface area contributed by atoms with Gasteiger partial charge in [0.15, 0.2) is 0 Å². The number of nitrogens with zero attached hydrogens (tertiary/aromatic N) is 3. The Morgan fingerprint density at radius 3 is 2.50 bits per heavy atom. The van der Waals surface area contributed by atoms with Crippen LogP contribution in [0.1, 0.15) is 40.6 Å². The van der Waals surface area contributed by atoms with Crippen molar-refractivity contribution < 1.29 is 19.4 Å². The molecule has 28 heavy (non-hydrogen) atoms. The van der Waals surface area contributed by atoms with Crippen LogP contribution in [0.15, 0.2) is 30.5 Å². The predicted octanol–water partition coefficient (Wildman–Crippen LogP) is 1.74. The molecule has 0 bridgehead atoms. The zero-order valence-electron chi connectivity index (χ0n) is 16.0. The molecule has 2 N–H and O–H groups in total. The largest absolute Gasteiger partial charge is 0.497 e. The van der Waals surface area contributed by atoms with Crippen molar-refractivity contribution in [2.45, 2.75) is 25.7 Å². The fraction of sp³-hybridized carbons (Fsp3) is 0.400. The number of amides is 2. The van der Waals surface area contributed by atoms with Gasteiger partial charge < -0.3 is 20.1 Å². The number of anilines is 1. The van der Waals surface area contributed by atoms with Gasteiger partial charge in [-0.2, -0.15) is 0 Å². The Morgan fingerprint density at radius 1 is 1.25 bits per heavy atom. The first-order valence-corrected chi connectivity index (χ1v) is 9.19. The number of aromatic nitrogens is 2. The van der Waals surface area contributed by atoms with Crippen LogP contribution in [0, 0.1) is 6.92 Å². The van der Waals surface area contributed by atoms with Crippen LogP contribution in [0.3, 0.4) is 0 Å². The van der Waals surface area contributed by atoms with Crippen LogP contribution in [-0.2, 0) is 4.79 Å². The molecule has 1 aliphatic rings. The van der Waals surface area contributed by atoms with E-state index in [1.165, 1.54) is 0 Å². The van der Waals surface area contributed by atoms with E-state index in [4.69, 9.17) is 9.84 Å². The SMILES string of the molecule is COc1ccc(NC(=O)c2cnc(C3CCN(C(=O)CO)CC3)nc2C)cc1. The van der Waals surface area contributed by atoms with Crippen LogP contribution in [0.5, 0.6) is 5.75 Å². The molecule has 2 aromatic rings. The highest BCUT2D eigenvalue weighted by atomic mass is 16.5. The number of aliphatic hydroxyl groups excluding tert-OH is 1. The molecule has 0 unspecified atom stereocenters. The fourth-order valence-electron chi connectivity index (χ4n) is 3.26. The number of ether oxygens (including phenoxy) is 1. The van der Waals surface area contributed by atoms with Crippen LogP contribution >= 0.6 is 0 Å². The highest BCUT2D eigenvalue weighted by Gasteiger charge is 2.25.